The third kappa shape index (κ3) is 3.03. The molecule has 1 heterocycles. The normalized spacial score (nSPS) is 31.0. The van der Waals surface area contributed by atoms with Crippen LogP contribution >= 0.6 is 0 Å². The predicted octanol–water partition coefficient (Wildman–Crippen LogP) is 4.79. The minimum Gasteiger partial charge on any atom is -0.508 e. The maximum Gasteiger partial charge on any atom is 0.127 e. The molecule has 0 radical (unpaired) electrons. The summed E-state index contributed by atoms with van der Waals surface area (Å²) in [4.78, 5) is 0. The van der Waals surface area contributed by atoms with E-state index in [0.717, 1.165) is 42.6 Å². The van der Waals surface area contributed by atoms with E-state index in [1.807, 2.05) is 6.07 Å². The molecule has 2 aliphatic rings. The van der Waals surface area contributed by atoms with Gasteiger partial charge in [-0.1, -0.05) is 26.7 Å². The lowest BCUT2D eigenvalue weighted by Gasteiger charge is -2.50. The molecule has 0 unspecified atom stereocenters. The lowest BCUT2D eigenvalue weighted by molar-refractivity contribution is -0.0662. The van der Waals surface area contributed by atoms with E-state index in [4.69, 9.17) is 4.74 Å². The molecule has 1 fully saturated rings. The predicted molar refractivity (Wildman–Crippen MR) is 96.7 cm³/mol. The van der Waals surface area contributed by atoms with E-state index in [9.17, 15) is 10.2 Å². The minimum absolute atomic E-state index is 0.0304. The molecule has 134 valence electrons. The fourth-order valence-corrected chi connectivity index (χ4v) is 4.71. The number of phenolic OH excluding ortho intramolecular Hbond substituents is 1. The topological polar surface area (TPSA) is 49.7 Å². The number of hydrogen-bond donors (Lipinski definition) is 2. The van der Waals surface area contributed by atoms with Gasteiger partial charge in [-0.3, -0.25) is 0 Å². The molecule has 0 bridgehead atoms. The van der Waals surface area contributed by atoms with Crippen LogP contribution in [0.15, 0.2) is 12.1 Å². The lowest BCUT2D eigenvalue weighted by Crippen LogP contribution is -2.51. The maximum atomic E-state index is 10.9. The van der Waals surface area contributed by atoms with E-state index in [0.29, 0.717) is 5.75 Å². The Morgan fingerprint density at radius 1 is 1.21 bits per heavy atom. The Morgan fingerprint density at radius 3 is 2.67 bits per heavy atom. The molecule has 3 heteroatoms. The molecule has 24 heavy (non-hydrogen) atoms. The number of fused-ring (bicyclic) bond motifs is 3. The number of rotatable bonds is 4. The number of aliphatic hydroxyl groups excluding tert-OH is 1. The second-order valence-electron chi connectivity index (χ2n) is 8.37. The van der Waals surface area contributed by atoms with Crippen molar-refractivity contribution < 1.29 is 14.9 Å². The van der Waals surface area contributed by atoms with Gasteiger partial charge in [0.25, 0.3) is 0 Å². The summed E-state index contributed by atoms with van der Waals surface area (Å²) >= 11 is 0. The summed E-state index contributed by atoms with van der Waals surface area (Å²) in [5, 5.41) is 21.6. The van der Waals surface area contributed by atoms with Gasteiger partial charge >= 0.3 is 0 Å². The lowest BCUT2D eigenvalue weighted by atomic mass is 9.62. The molecule has 3 nitrogen and oxygen atoms in total. The molecule has 3 rings (SSSR count). The monoisotopic (exact) mass is 332 g/mol. The number of aromatic hydroxyl groups is 1. The van der Waals surface area contributed by atoms with Gasteiger partial charge in [0.15, 0.2) is 0 Å². The molecule has 1 aromatic rings. The van der Waals surface area contributed by atoms with Crippen molar-refractivity contribution in [2.75, 3.05) is 0 Å². The zero-order valence-electron chi connectivity index (χ0n) is 15.5. The van der Waals surface area contributed by atoms with E-state index in [1.165, 1.54) is 12.8 Å². The van der Waals surface area contributed by atoms with E-state index in [2.05, 4.69) is 33.8 Å². The third-order valence-corrected chi connectivity index (χ3v) is 6.17. The van der Waals surface area contributed by atoms with Crippen molar-refractivity contribution in [2.24, 2.45) is 11.8 Å². The van der Waals surface area contributed by atoms with Gasteiger partial charge in [-0.25, -0.2) is 0 Å². The van der Waals surface area contributed by atoms with Crippen molar-refractivity contribution in [3.63, 3.8) is 0 Å². The number of benzene rings is 1. The van der Waals surface area contributed by atoms with Crippen LogP contribution in [0.1, 0.15) is 76.8 Å². The van der Waals surface area contributed by atoms with Crippen LogP contribution in [0.3, 0.4) is 0 Å². The summed E-state index contributed by atoms with van der Waals surface area (Å²) in [6.45, 7) is 8.55. The molecule has 0 saturated heterocycles. The van der Waals surface area contributed by atoms with Crippen molar-refractivity contribution >= 4 is 0 Å². The Labute approximate surface area is 146 Å². The van der Waals surface area contributed by atoms with Gasteiger partial charge in [-0.2, -0.15) is 0 Å². The molecule has 1 aromatic carbocycles. The highest BCUT2D eigenvalue weighted by molar-refractivity contribution is 5.52. The van der Waals surface area contributed by atoms with Gasteiger partial charge in [-0.15, -0.1) is 0 Å². The second-order valence-corrected chi connectivity index (χ2v) is 8.37. The summed E-state index contributed by atoms with van der Waals surface area (Å²) in [5.74, 6) is 1.56. The number of hydrogen-bond acceptors (Lipinski definition) is 3. The summed E-state index contributed by atoms with van der Waals surface area (Å²) in [5.41, 5.74) is 1.65. The second kappa shape index (κ2) is 6.59. The standard InChI is InChI=1S/C21H32O3/c1-5-6-7-8-14-11-16(22)19-17(12-14)24-21(3,4)15-10-9-13(2)20(23)18(15)19/h11-13,15,18,20,22-23H,5-10H2,1-4H3/t13-,15+,18+,20+/m0/s1. The smallest absolute Gasteiger partial charge is 0.127 e. The molecular weight excluding hydrogens is 300 g/mol. The average molecular weight is 332 g/mol. The fraction of sp³-hybridized carbons (Fsp3) is 0.714. The number of ether oxygens (including phenoxy) is 1. The molecule has 1 saturated carbocycles. The third-order valence-electron chi connectivity index (χ3n) is 6.17. The Bertz CT molecular complexity index is 593. The highest BCUT2D eigenvalue weighted by atomic mass is 16.5. The Hall–Kier alpha value is -1.22. The van der Waals surface area contributed by atoms with Crippen molar-refractivity contribution in [3.8, 4) is 11.5 Å². The first-order chi connectivity index (χ1) is 11.3. The number of unbranched alkanes of at least 4 members (excludes halogenated alkanes) is 2. The Balaban J connectivity index is 1.99. The van der Waals surface area contributed by atoms with Gasteiger partial charge in [0.1, 0.15) is 17.1 Å². The average Bonchev–Trinajstić information content (AvgIpc) is 2.50. The summed E-state index contributed by atoms with van der Waals surface area (Å²) in [6.07, 6.45) is 6.12. The van der Waals surface area contributed by atoms with Crippen LogP contribution in [0.25, 0.3) is 0 Å². The molecule has 1 aliphatic carbocycles. The van der Waals surface area contributed by atoms with Crippen molar-refractivity contribution in [1.82, 2.24) is 0 Å². The van der Waals surface area contributed by atoms with Gasteiger partial charge < -0.3 is 14.9 Å². The van der Waals surface area contributed by atoms with E-state index in [-0.39, 0.29) is 23.4 Å². The molecule has 0 spiro atoms. The summed E-state index contributed by atoms with van der Waals surface area (Å²) in [6, 6.07) is 3.98. The van der Waals surface area contributed by atoms with E-state index < -0.39 is 6.10 Å². The number of aliphatic hydroxyl groups is 1. The zero-order valence-corrected chi connectivity index (χ0v) is 15.5. The highest BCUT2D eigenvalue weighted by Gasteiger charge is 2.50. The number of aryl methyl sites for hydroxylation is 1. The molecule has 4 atom stereocenters. The van der Waals surface area contributed by atoms with E-state index >= 15 is 0 Å². The maximum absolute atomic E-state index is 10.9. The van der Waals surface area contributed by atoms with Gasteiger partial charge in [0.2, 0.25) is 0 Å². The van der Waals surface area contributed by atoms with Crippen molar-refractivity contribution in [3.05, 3.63) is 23.3 Å². The van der Waals surface area contributed by atoms with Crippen LogP contribution in [0.4, 0.5) is 0 Å². The molecule has 0 amide bonds. The highest BCUT2D eigenvalue weighted by Crippen LogP contribution is 2.55. The van der Waals surface area contributed by atoms with Crippen LogP contribution in [0, 0.1) is 11.8 Å². The first-order valence-corrected chi connectivity index (χ1v) is 9.58. The van der Waals surface area contributed by atoms with Crippen LogP contribution in [-0.2, 0) is 6.42 Å². The SMILES string of the molecule is CCCCCc1cc(O)c2c(c1)OC(C)(C)[C@@H]1CC[C@H](C)[C@@H](O)[C@@H]21. The van der Waals surface area contributed by atoms with Crippen LogP contribution in [0.2, 0.25) is 0 Å². The van der Waals surface area contributed by atoms with Gasteiger partial charge in [0.05, 0.1) is 6.10 Å². The van der Waals surface area contributed by atoms with Crippen molar-refractivity contribution in [2.45, 2.75) is 83.8 Å². The summed E-state index contributed by atoms with van der Waals surface area (Å²) in [7, 11) is 0. The molecular formula is C21H32O3. The van der Waals surface area contributed by atoms with Gasteiger partial charge in [0, 0.05) is 17.4 Å². The Kier molecular flexibility index (Phi) is 4.83. The van der Waals surface area contributed by atoms with Crippen molar-refractivity contribution in [1.29, 1.82) is 0 Å². The minimum atomic E-state index is -0.414. The zero-order chi connectivity index (χ0) is 17.5. The van der Waals surface area contributed by atoms with Gasteiger partial charge in [-0.05, 0) is 63.1 Å². The molecule has 1 aliphatic heterocycles. The van der Waals surface area contributed by atoms with E-state index in [1.54, 1.807) is 0 Å². The van der Waals surface area contributed by atoms with Crippen LogP contribution in [-0.4, -0.2) is 21.9 Å². The summed E-state index contributed by atoms with van der Waals surface area (Å²) < 4.78 is 6.33. The first-order valence-electron chi connectivity index (χ1n) is 9.58. The number of phenols is 1. The first kappa shape index (κ1) is 17.6. The van der Waals surface area contributed by atoms with Crippen LogP contribution < -0.4 is 4.74 Å². The van der Waals surface area contributed by atoms with Crippen LogP contribution in [0.5, 0.6) is 11.5 Å². The quantitative estimate of drug-likeness (QED) is 0.780. The molecule has 0 aromatic heterocycles. The molecule has 2 N–H and O–H groups in total. The Morgan fingerprint density at radius 2 is 1.96 bits per heavy atom. The fourth-order valence-electron chi connectivity index (χ4n) is 4.71. The largest absolute Gasteiger partial charge is 0.508 e.